The Morgan fingerprint density at radius 1 is 1.30 bits per heavy atom. The van der Waals surface area contributed by atoms with Crippen molar-refractivity contribution < 1.29 is 4.74 Å². The average Bonchev–Trinajstić information content (AvgIpc) is 2.26. The molecule has 0 aromatic rings. The van der Waals surface area contributed by atoms with Crippen LogP contribution in [-0.2, 0) is 4.74 Å². The fraction of sp³-hybridized carbons (Fsp3) is 1.00. The van der Waals surface area contributed by atoms with E-state index in [0.717, 1.165) is 38.7 Å². The Morgan fingerprint density at radius 3 is 2.60 bits per heavy atom. The van der Waals surface area contributed by atoms with E-state index in [-0.39, 0.29) is 0 Å². The highest BCUT2D eigenvalue weighted by atomic mass is 16.5. The van der Waals surface area contributed by atoms with Gasteiger partial charge in [-0.2, -0.15) is 0 Å². The Hall–Kier alpha value is -0.120. The molecule has 1 fully saturated rings. The summed E-state index contributed by atoms with van der Waals surface area (Å²) in [6.45, 7) is 18.0. The lowest BCUT2D eigenvalue weighted by Crippen LogP contribution is -2.48. The van der Waals surface area contributed by atoms with Gasteiger partial charge in [0, 0.05) is 26.2 Å². The third-order valence-corrected chi connectivity index (χ3v) is 3.74. The number of rotatable bonds is 7. The summed E-state index contributed by atoms with van der Waals surface area (Å²) in [5.74, 6) is 0.824. The smallest absolute Gasteiger partial charge is 0.0829 e. The van der Waals surface area contributed by atoms with Crippen LogP contribution in [0.2, 0.25) is 0 Å². The molecule has 0 bridgehead atoms. The van der Waals surface area contributed by atoms with E-state index in [1.807, 2.05) is 0 Å². The molecule has 0 aromatic carbocycles. The van der Waals surface area contributed by atoms with Gasteiger partial charge in [-0.1, -0.05) is 34.6 Å². The molecule has 1 rings (SSSR count). The van der Waals surface area contributed by atoms with Crippen LogP contribution in [0.3, 0.4) is 0 Å². The Labute approximate surface area is 126 Å². The first-order valence-corrected chi connectivity index (χ1v) is 8.29. The minimum absolute atomic E-state index is 0.361. The molecule has 1 aliphatic rings. The normalized spacial score (nSPS) is 21.9. The fourth-order valence-electron chi connectivity index (χ4n) is 3.04. The summed E-state index contributed by atoms with van der Waals surface area (Å²) < 4.78 is 5.94. The lowest BCUT2D eigenvalue weighted by atomic mass is 9.96. The van der Waals surface area contributed by atoms with Crippen molar-refractivity contribution in [3.05, 3.63) is 0 Å². The van der Waals surface area contributed by atoms with Crippen molar-refractivity contribution in [1.82, 2.24) is 9.80 Å². The lowest BCUT2D eigenvalue weighted by Gasteiger charge is -2.36. The molecular weight excluding hydrogens is 248 g/mol. The third kappa shape index (κ3) is 8.23. The number of likely N-dealkylation sites (N-methyl/N-ethyl adjacent to an activating group) is 1. The second-order valence-electron chi connectivity index (χ2n) is 8.09. The summed E-state index contributed by atoms with van der Waals surface area (Å²) in [5.41, 5.74) is 0.361. The second-order valence-corrected chi connectivity index (χ2v) is 8.09. The minimum atomic E-state index is 0.361. The summed E-state index contributed by atoms with van der Waals surface area (Å²) in [4.78, 5) is 5.00. The van der Waals surface area contributed by atoms with E-state index in [9.17, 15) is 0 Å². The van der Waals surface area contributed by atoms with Crippen LogP contribution in [0.25, 0.3) is 0 Å². The highest BCUT2D eigenvalue weighted by Gasteiger charge is 2.23. The van der Waals surface area contributed by atoms with Crippen LogP contribution >= 0.6 is 0 Å². The predicted molar refractivity (Wildman–Crippen MR) is 87.2 cm³/mol. The maximum absolute atomic E-state index is 5.94. The van der Waals surface area contributed by atoms with E-state index in [1.54, 1.807) is 0 Å². The molecule has 1 heterocycles. The SMILES string of the molecule is CC(C)CCCN1CCO[C@@H](CN(C)CC(C)(C)C)C1. The summed E-state index contributed by atoms with van der Waals surface area (Å²) in [6, 6.07) is 0. The van der Waals surface area contributed by atoms with Crippen molar-refractivity contribution in [2.24, 2.45) is 11.3 Å². The van der Waals surface area contributed by atoms with Crippen LogP contribution < -0.4 is 0 Å². The van der Waals surface area contributed by atoms with Crippen molar-refractivity contribution in [2.75, 3.05) is 46.4 Å². The van der Waals surface area contributed by atoms with Gasteiger partial charge in [0.25, 0.3) is 0 Å². The lowest BCUT2D eigenvalue weighted by molar-refractivity contribution is -0.0434. The van der Waals surface area contributed by atoms with Gasteiger partial charge in [0.15, 0.2) is 0 Å². The van der Waals surface area contributed by atoms with Crippen LogP contribution in [0.4, 0.5) is 0 Å². The van der Waals surface area contributed by atoms with E-state index in [4.69, 9.17) is 4.74 Å². The van der Waals surface area contributed by atoms with Crippen LogP contribution in [0.5, 0.6) is 0 Å². The molecule has 0 aromatic heterocycles. The molecule has 1 aliphatic heterocycles. The highest BCUT2D eigenvalue weighted by Crippen LogP contribution is 2.16. The average molecular weight is 284 g/mol. The molecule has 0 radical (unpaired) electrons. The molecule has 20 heavy (non-hydrogen) atoms. The van der Waals surface area contributed by atoms with Gasteiger partial charge in [-0.15, -0.1) is 0 Å². The zero-order valence-electron chi connectivity index (χ0n) is 14.6. The molecule has 3 heteroatoms. The van der Waals surface area contributed by atoms with E-state index in [1.165, 1.54) is 19.4 Å². The van der Waals surface area contributed by atoms with E-state index >= 15 is 0 Å². The maximum Gasteiger partial charge on any atom is 0.0829 e. The van der Waals surface area contributed by atoms with Gasteiger partial charge >= 0.3 is 0 Å². The van der Waals surface area contributed by atoms with Crippen LogP contribution in [0.15, 0.2) is 0 Å². The van der Waals surface area contributed by atoms with Crippen LogP contribution in [-0.4, -0.2) is 62.3 Å². The van der Waals surface area contributed by atoms with Gasteiger partial charge in [-0.25, -0.2) is 0 Å². The zero-order chi connectivity index (χ0) is 15.2. The minimum Gasteiger partial charge on any atom is -0.374 e. The summed E-state index contributed by atoms with van der Waals surface area (Å²) in [7, 11) is 2.21. The Bertz CT molecular complexity index is 260. The number of hydrogen-bond acceptors (Lipinski definition) is 3. The van der Waals surface area contributed by atoms with Crippen molar-refractivity contribution in [3.63, 3.8) is 0 Å². The molecular formula is C17H36N2O. The largest absolute Gasteiger partial charge is 0.374 e. The van der Waals surface area contributed by atoms with Crippen molar-refractivity contribution in [2.45, 2.75) is 53.6 Å². The van der Waals surface area contributed by atoms with Gasteiger partial charge in [0.05, 0.1) is 12.7 Å². The first-order valence-electron chi connectivity index (χ1n) is 8.29. The summed E-state index contributed by atoms with van der Waals surface area (Å²) in [5, 5.41) is 0. The summed E-state index contributed by atoms with van der Waals surface area (Å²) in [6.07, 6.45) is 3.05. The quantitative estimate of drug-likeness (QED) is 0.714. The van der Waals surface area contributed by atoms with Crippen LogP contribution in [0, 0.1) is 11.3 Å². The van der Waals surface area contributed by atoms with Crippen molar-refractivity contribution >= 4 is 0 Å². The molecule has 0 spiro atoms. The first-order chi connectivity index (χ1) is 9.26. The molecule has 0 unspecified atom stereocenters. The number of hydrogen-bond donors (Lipinski definition) is 0. The Kier molecular flexibility index (Phi) is 7.49. The van der Waals surface area contributed by atoms with Gasteiger partial charge in [-0.3, -0.25) is 4.90 Å². The molecule has 0 N–H and O–H groups in total. The van der Waals surface area contributed by atoms with E-state index in [0.29, 0.717) is 11.5 Å². The molecule has 0 saturated carbocycles. The van der Waals surface area contributed by atoms with Gasteiger partial charge in [0.1, 0.15) is 0 Å². The number of morpholine rings is 1. The summed E-state index contributed by atoms with van der Waals surface area (Å²) >= 11 is 0. The Morgan fingerprint density at radius 2 is 2.00 bits per heavy atom. The molecule has 0 amide bonds. The van der Waals surface area contributed by atoms with Crippen molar-refractivity contribution in [1.29, 1.82) is 0 Å². The molecule has 3 nitrogen and oxygen atoms in total. The fourth-order valence-corrected chi connectivity index (χ4v) is 3.04. The highest BCUT2D eigenvalue weighted by molar-refractivity contribution is 4.76. The topological polar surface area (TPSA) is 15.7 Å². The zero-order valence-corrected chi connectivity index (χ0v) is 14.6. The monoisotopic (exact) mass is 284 g/mol. The predicted octanol–water partition coefficient (Wildman–Crippen LogP) is 3.10. The molecule has 1 atom stereocenters. The standard InChI is InChI=1S/C17H36N2O/c1-15(2)8-7-9-19-10-11-20-16(13-19)12-18(6)14-17(3,4)5/h15-16H,7-14H2,1-6H3/t16-/m0/s1. The third-order valence-electron chi connectivity index (χ3n) is 3.74. The van der Waals surface area contributed by atoms with Crippen LogP contribution in [0.1, 0.15) is 47.5 Å². The number of nitrogens with zero attached hydrogens (tertiary/aromatic N) is 2. The van der Waals surface area contributed by atoms with Crippen molar-refractivity contribution in [3.8, 4) is 0 Å². The number of ether oxygens (including phenoxy) is 1. The van der Waals surface area contributed by atoms with Gasteiger partial charge in [-0.05, 0) is 37.8 Å². The molecule has 1 saturated heterocycles. The van der Waals surface area contributed by atoms with E-state index in [2.05, 4.69) is 51.5 Å². The maximum atomic E-state index is 5.94. The molecule has 120 valence electrons. The Balaban J connectivity index is 2.26. The van der Waals surface area contributed by atoms with E-state index < -0.39 is 0 Å². The molecule has 0 aliphatic carbocycles. The van der Waals surface area contributed by atoms with Gasteiger partial charge in [0.2, 0.25) is 0 Å². The first kappa shape index (κ1) is 17.9. The van der Waals surface area contributed by atoms with Gasteiger partial charge < -0.3 is 9.64 Å². The second kappa shape index (κ2) is 8.35.